The van der Waals surface area contributed by atoms with Crippen LogP contribution in [0.25, 0.3) is 88.4 Å². The Kier molecular flexibility index (Phi) is 4.18. The SMILES string of the molecule is [2H]c1c([2H])c([2H])c(-c2nc(-c3ccc4c(ccc5ccccc54)c3)nc(-c3cccc4c3oc3cc5ccccc5cc34)n2)c([2H])c1[2H]. The number of nitrogens with zero attached hydrogens (tertiary/aromatic N) is 3. The molecule has 0 spiro atoms. The lowest BCUT2D eigenvalue weighted by Gasteiger charge is -2.10. The molecule has 9 aromatic rings. The average molecular weight is 555 g/mol. The zero-order valence-corrected chi connectivity index (χ0v) is 22.6. The van der Waals surface area contributed by atoms with E-state index in [0.717, 1.165) is 48.7 Å². The van der Waals surface area contributed by atoms with Crippen LogP contribution in [0.1, 0.15) is 6.85 Å². The molecule has 2 aromatic heterocycles. The normalized spacial score (nSPS) is 13.3. The van der Waals surface area contributed by atoms with Gasteiger partial charge in [-0.2, -0.15) is 0 Å². The lowest BCUT2D eigenvalue weighted by atomic mass is 10.00. The Labute approximate surface area is 253 Å². The molecule has 2 heterocycles. The third-order valence-corrected chi connectivity index (χ3v) is 7.97. The first-order chi connectivity index (χ1) is 23.4. The van der Waals surface area contributed by atoms with E-state index in [1.165, 1.54) is 0 Å². The van der Waals surface area contributed by atoms with Gasteiger partial charge < -0.3 is 4.42 Å². The summed E-state index contributed by atoms with van der Waals surface area (Å²) in [6.07, 6.45) is 0. The summed E-state index contributed by atoms with van der Waals surface area (Å²) in [5, 5.41) is 8.32. The number of para-hydroxylation sites is 1. The van der Waals surface area contributed by atoms with Crippen LogP contribution in [-0.2, 0) is 0 Å². The number of hydrogen-bond donors (Lipinski definition) is 0. The minimum Gasteiger partial charge on any atom is -0.455 e. The Morgan fingerprint density at radius 3 is 2.00 bits per heavy atom. The summed E-state index contributed by atoms with van der Waals surface area (Å²) in [4.78, 5) is 14.4. The van der Waals surface area contributed by atoms with Crippen molar-refractivity contribution in [1.29, 1.82) is 0 Å². The van der Waals surface area contributed by atoms with Gasteiger partial charge in [0.2, 0.25) is 0 Å². The molecular weight excluding hydrogens is 526 g/mol. The number of aromatic nitrogens is 3. The fourth-order valence-corrected chi connectivity index (χ4v) is 5.91. The van der Waals surface area contributed by atoms with Gasteiger partial charge in [0.25, 0.3) is 0 Å². The smallest absolute Gasteiger partial charge is 0.167 e. The topological polar surface area (TPSA) is 51.8 Å². The van der Waals surface area contributed by atoms with Gasteiger partial charge in [0, 0.05) is 21.9 Å². The van der Waals surface area contributed by atoms with Gasteiger partial charge in [0.15, 0.2) is 17.5 Å². The Bertz CT molecular complexity index is 2780. The second kappa shape index (κ2) is 9.33. The van der Waals surface area contributed by atoms with Gasteiger partial charge >= 0.3 is 0 Å². The predicted octanol–water partition coefficient (Wildman–Crippen LogP) is 10.2. The van der Waals surface area contributed by atoms with Crippen LogP contribution in [0.15, 0.2) is 144 Å². The highest BCUT2D eigenvalue weighted by Gasteiger charge is 2.18. The van der Waals surface area contributed by atoms with Crippen molar-refractivity contribution >= 4 is 54.3 Å². The van der Waals surface area contributed by atoms with E-state index in [2.05, 4.69) is 36.4 Å². The molecule has 0 aliphatic carbocycles. The van der Waals surface area contributed by atoms with Crippen molar-refractivity contribution in [2.24, 2.45) is 0 Å². The van der Waals surface area contributed by atoms with Crippen molar-refractivity contribution in [2.75, 3.05) is 0 Å². The lowest BCUT2D eigenvalue weighted by Crippen LogP contribution is -2.00. The summed E-state index contributed by atoms with van der Waals surface area (Å²) in [7, 11) is 0. The largest absolute Gasteiger partial charge is 0.455 e. The van der Waals surface area contributed by atoms with Crippen molar-refractivity contribution < 1.29 is 11.3 Å². The molecule has 0 aliphatic rings. The molecular formula is C39H23N3O. The molecule has 0 bridgehead atoms. The molecule has 0 saturated carbocycles. The monoisotopic (exact) mass is 554 g/mol. The highest BCUT2D eigenvalue weighted by molar-refractivity contribution is 6.13. The summed E-state index contributed by atoms with van der Waals surface area (Å²) < 4.78 is 48.6. The van der Waals surface area contributed by atoms with Gasteiger partial charge in [-0.3, -0.25) is 0 Å². The fraction of sp³-hybridized carbons (Fsp3) is 0. The zero-order valence-electron chi connectivity index (χ0n) is 27.6. The Morgan fingerprint density at radius 2 is 1.14 bits per heavy atom. The maximum absolute atomic E-state index is 8.69. The van der Waals surface area contributed by atoms with E-state index >= 15 is 0 Å². The van der Waals surface area contributed by atoms with E-state index in [1.807, 2.05) is 72.8 Å². The molecule has 0 unspecified atom stereocenters. The number of hydrogen-bond acceptors (Lipinski definition) is 4. The van der Waals surface area contributed by atoms with Crippen LogP contribution in [0.2, 0.25) is 0 Å². The Morgan fingerprint density at radius 1 is 0.465 bits per heavy atom. The van der Waals surface area contributed by atoms with Crippen molar-refractivity contribution in [3.63, 3.8) is 0 Å². The second-order valence-corrected chi connectivity index (χ2v) is 10.5. The quantitative estimate of drug-likeness (QED) is 0.204. The van der Waals surface area contributed by atoms with Gasteiger partial charge in [0.1, 0.15) is 11.2 Å². The molecule has 0 fully saturated rings. The number of benzene rings is 7. The number of rotatable bonds is 3. The van der Waals surface area contributed by atoms with Crippen LogP contribution in [-0.4, -0.2) is 15.0 Å². The van der Waals surface area contributed by atoms with E-state index in [-0.39, 0.29) is 29.3 Å². The van der Waals surface area contributed by atoms with Gasteiger partial charge in [-0.25, -0.2) is 15.0 Å². The van der Waals surface area contributed by atoms with E-state index in [0.29, 0.717) is 22.5 Å². The first-order valence-corrected chi connectivity index (χ1v) is 14.0. The molecule has 43 heavy (non-hydrogen) atoms. The summed E-state index contributed by atoms with van der Waals surface area (Å²) in [6, 6.07) is 34.1. The van der Waals surface area contributed by atoms with Crippen LogP contribution < -0.4 is 0 Å². The van der Waals surface area contributed by atoms with Crippen LogP contribution in [0, 0.1) is 0 Å². The van der Waals surface area contributed by atoms with Crippen LogP contribution in [0.3, 0.4) is 0 Å². The van der Waals surface area contributed by atoms with Crippen molar-refractivity contribution in [2.45, 2.75) is 0 Å². The minimum atomic E-state index is -0.482. The molecule has 7 aromatic carbocycles. The predicted molar refractivity (Wildman–Crippen MR) is 176 cm³/mol. The maximum Gasteiger partial charge on any atom is 0.167 e. The second-order valence-electron chi connectivity index (χ2n) is 10.5. The average Bonchev–Trinajstić information content (AvgIpc) is 3.49. The molecule has 0 atom stereocenters. The molecule has 0 N–H and O–H groups in total. The number of furan rings is 1. The van der Waals surface area contributed by atoms with Crippen LogP contribution >= 0.6 is 0 Å². The molecule has 200 valence electrons. The van der Waals surface area contributed by atoms with Crippen molar-refractivity contribution in [3.05, 3.63) is 139 Å². The highest BCUT2D eigenvalue weighted by Crippen LogP contribution is 2.38. The van der Waals surface area contributed by atoms with E-state index in [1.54, 1.807) is 0 Å². The van der Waals surface area contributed by atoms with E-state index < -0.39 is 18.1 Å². The van der Waals surface area contributed by atoms with Crippen molar-refractivity contribution in [1.82, 2.24) is 15.0 Å². The van der Waals surface area contributed by atoms with Gasteiger partial charge in [-0.1, -0.05) is 115 Å². The molecule has 0 aliphatic heterocycles. The Hall–Kier alpha value is -5.87. The first-order valence-electron chi connectivity index (χ1n) is 16.5. The van der Waals surface area contributed by atoms with Crippen molar-refractivity contribution in [3.8, 4) is 34.2 Å². The minimum absolute atomic E-state index is 0.0236. The summed E-state index contributed by atoms with van der Waals surface area (Å²) in [6.45, 7) is 0. The van der Waals surface area contributed by atoms with Crippen LogP contribution in [0.4, 0.5) is 0 Å². The molecule has 9 rings (SSSR count). The fourth-order valence-electron chi connectivity index (χ4n) is 5.91. The third kappa shape index (κ3) is 3.88. The zero-order chi connectivity index (χ0) is 32.7. The Balaban J connectivity index is 1.32. The molecule has 0 amide bonds. The van der Waals surface area contributed by atoms with Crippen LogP contribution in [0.5, 0.6) is 0 Å². The molecule has 0 radical (unpaired) electrons. The maximum atomic E-state index is 8.69. The van der Waals surface area contributed by atoms with Gasteiger partial charge in [-0.05, 0) is 56.6 Å². The van der Waals surface area contributed by atoms with Gasteiger partial charge in [-0.15, -0.1) is 0 Å². The number of fused-ring (bicyclic) bond motifs is 7. The van der Waals surface area contributed by atoms with E-state index in [4.69, 9.17) is 26.2 Å². The summed E-state index contributed by atoms with van der Waals surface area (Å²) in [5.74, 6) is 0.537. The lowest BCUT2D eigenvalue weighted by molar-refractivity contribution is 0.670. The molecule has 0 saturated heterocycles. The summed E-state index contributed by atoms with van der Waals surface area (Å²) in [5.41, 5.74) is 2.49. The van der Waals surface area contributed by atoms with Gasteiger partial charge in [0.05, 0.1) is 12.4 Å². The standard InChI is InChI=1S/C39H23N3O/c1-2-10-25(11-3-1)37-40-38(29-19-20-31-28(21-29)18-17-24-9-6-7-14-30(24)31)42-39(41-37)33-16-8-15-32-34-22-26-12-4-5-13-27(26)23-35(34)43-36(32)33/h1-23H/i1D,2D,3D,10D,11D. The first kappa shape index (κ1) is 19.3. The highest BCUT2D eigenvalue weighted by atomic mass is 16.3. The van der Waals surface area contributed by atoms with E-state index in [9.17, 15) is 0 Å². The third-order valence-electron chi connectivity index (χ3n) is 7.97. The molecule has 4 nitrogen and oxygen atoms in total. The summed E-state index contributed by atoms with van der Waals surface area (Å²) >= 11 is 0. The molecule has 4 heteroatoms.